The van der Waals surface area contributed by atoms with E-state index < -0.39 is 5.91 Å². The maximum Gasteiger partial charge on any atom is 0.257 e. The third-order valence-corrected chi connectivity index (χ3v) is 3.63. The molecule has 112 valence electrons. The summed E-state index contributed by atoms with van der Waals surface area (Å²) >= 11 is 5.94. The Morgan fingerprint density at radius 1 is 1.36 bits per heavy atom. The van der Waals surface area contributed by atoms with Gasteiger partial charge in [0.05, 0.1) is 18.3 Å². The number of furan rings is 1. The van der Waals surface area contributed by atoms with E-state index in [4.69, 9.17) is 16.0 Å². The number of aromatic nitrogens is 1. The summed E-state index contributed by atoms with van der Waals surface area (Å²) in [5, 5.41) is 3.54. The number of benzene rings is 1. The number of nitrogens with one attached hydrogen (secondary N) is 1. The Morgan fingerprint density at radius 3 is 2.91 bits per heavy atom. The van der Waals surface area contributed by atoms with Crippen LogP contribution in [0.5, 0.6) is 0 Å². The van der Waals surface area contributed by atoms with E-state index in [0.29, 0.717) is 16.2 Å². The molecular formula is C16H13ClN2O3. The second-order valence-corrected chi connectivity index (χ2v) is 5.34. The Morgan fingerprint density at radius 2 is 2.18 bits per heavy atom. The van der Waals surface area contributed by atoms with E-state index in [-0.39, 0.29) is 17.5 Å². The fourth-order valence-electron chi connectivity index (χ4n) is 2.30. The van der Waals surface area contributed by atoms with Crippen LogP contribution in [0.25, 0.3) is 10.9 Å². The smallest absolute Gasteiger partial charge is 0.257 e. The molecule has 0 unspecified atom stereocenters. The highest BCUT2D eigenvalue weighted by Gasteiger charge is 2.15. The van der Waals surface area contributed by atoms with Crippen molar-refractivity contribution in [3.63, 3.8) is 0 Å². The minimum absolute atomic E-state index is 0.0730. The third kappa shape index (κ3) is 2.63. The molecule has 0 fully saturated rings. The SMILES string of the molecule is Cn1cc(C(=O)NCc2ccco2)c(=O)c2cc(Cl)ccc21. The van der Waals surface area contributed by atoms with Crippen molar-refractivity contribution in [2.45, 2.75) is 6.54 Å². The molecule has 0 bridgehead atoms. The molecule has 22 heavy (non-hydrogen) atoms. The number of halogens is 1. The Balaban J connectivity index is 1.98. The molecule has 0 aliphatic heterocycles. The summed E-state index contributed by atoms with van der Waals surface area (Å²) in [6.07, 6.45) is 3.05. The topological polar surface area (TPSA) is 64.2 Å². The summed E-state index contributed by atoms with van der Waals surface area (Å²) in [7, 11) is 1.78. The number of aryl methyl sites for hydroxylation is 1. The van der Waals surface area contributed by atoms with Crippen LogP contribution in [-0.2, 0) is 13.6 Å². The van der Waals surface area contributed by atoms with E-state index in [0.717, 1.165) is 5.52 Å². The Labute approximate surface area is 131 Å². The normalized spacial score (nSPS) is 10.8. The van der Waals surface area contributed by atoms with E-state index in [1.165, 1.54) is 12.5 Å². The largest absolute Gasteiger partial charge is 0.467 e. The van der Waals surface area contributed by atoms with Gasteiger partial charge < -0.3 is 14.3 Å². The number of pyridine rings is 1. The van der Waals surface area contributed by atoms with Crippen LogP contribution >= 0.6 is 11.6 Å². The number of fused-ring (bicyclic) bond motifs is 1. The number of amides is 1. The first-order valence-corrected chi connectivity index (χ1v) is 7.03. The molecule has 0 aliphatic rings. The second-order valence-electron chi connectivity index (χ2n) is 4.91. The highest BCUT2D eigenvalue weighted by molar-refractivity contribution is 6.31. The molecule has 0 saturated carbocycles. The lowest BCUT2D eigenvalue weighted by Crippen LogP contribution is -2.29. The van der Waals surface area contributed by atoms with Gasteiger partial charge in [-0.05, 0) is 30.3 Å². The summed E-state index contributed by atoms with van der Waals surface area (Å²) in [6, 6.07) is 8.52. The first-order chi connectivity index (χ1) is 10.6. The molecule has 5 nitrogen and oxygen atoms in total. The van der Waals surface area contributed by atoms with Gasteiger partial charge in [-0.3, -0.25) is 9.59 Å². The van der Waals surface area contributed by atoms with Crippen LogP contribution in [-0.4, -0.2) is 10.5 Å². The van der Waals surface area contributed by atoms with Crippen molar-refractivity contribution in [2.75, 3.05) is 0 Å². The molecule has 1 amide bonds. The van der Waals surface area contributed by atoms with E-state index in [9.17, 15) is 9.59 Å². The molecule has 0 atom stereocenters. The van der Waals surface area contributed by atoms with Gasteiger partial charge >= 0.3 is 0 Å². The van der Waals surface area contributed by atoms with Crippen molar-refractivity contribution < 1.29 is 9.21 Å². The summed E-state index contributed by atoms with van der Waals surface area (Å²) in [4.78, 5) is 24.7. The molecule has 1 aromatic carbocycles. The zero-order valence-corrected chi connectivity index (χ0v) is 12.6. The van der Waals surface area contributed by atoms with Crippen LogP contribution in [0, 0.1) is 0 Å². The van der Waals surface area contributed by atoms with Gasteiger partial charge in [-0.25, -0.2) is 0 Å². The molecule has 0 aliphatic carbocycles. The lowest BCUT2D eigenvalue weighted by molar-refractivity contribution is 0.0946. The Bertz CT molecular complexity index is 898. The van der Waals surface area contributed by atoms with Gasteiger partial charge in [0, 0.05) is 23.7 Å². The van der Waals surface area contributed by atoms with Gasteiger partial charge in [-0.15, -0.1) is 0 Å². The minimum Gasteiger partial charge on any atom is -0.467 e. The number of nitrogens with zero attached hydrogens (tertiary/aromatic N) is 1. The van der Waals surface area contributed by atoms with E-state index in [1.807, 2.05) is 0 Å². The number of rotatable bonds is 3. The van der Waals surface area contributed by atoms with Crippen LogP contribution in [0.2, 0.25) is 5.02 Å². The summed E-state index contributed by atoms with van der Waals surface area (Å²) < 4.78 is 6.88. The summed E-state index contributed by atoms with van der Waals surface area (Å²) in [5.74, 6) is 0.174. The van der Waals surface area contributed by atoms with E-state index >= 15 is 0 Å². The quantitative estimate of drug-likeness (QED) is 0.808. The highest BCUT2D eigenvalue weighted by Crippen LogP contribution is 2.16. The van der Waals surface area contributed by atoms with Crippen molar-refractivity contribution in [1.82, 2.24) is 9.88 Å². The van der Waals surface area contributed by atoms with Crippen LogP contribution in [0.3, 0.4) is 0 Å². The highest BCUT2D eigenvalue weighted by atomic mass is 35.5. The lowest BCUT2D eigenvalue weighted by Gasteiger charge is -2.09. The van der Waals surface area contributed by atoms with Gasteiger partial charge in [0.15, 0.2) is 0 Å². The number of carbonyl (C=O) groups is 1. The van der Waals surface area contributed by atoms with E-state index in [1.54, 1.807) is 41.9 Å². The van der Waals surface area contributed by atoms with Crippen LogP contribution in [0.4, 0.5) is 0 Å². The zero-order valence-electron chi connectivity index (χ0n) is 11.8. The average molecular weight is 317 g/mol. The molecule has 0 radical (unpaired) electrons. The molecule has 3 rings (SSSR count). The molecular weight excluding hydrogens is 304 g/mol. The van der Waals surface area contributed by atoms with Crippen molar-refractivity contribution in [3.8, 4) is 0 Å². The first-order valence-electron chi connectivity index (χ1n) is 6.66. The van der Waals surface area contributed by atoms with Gasteiger partial charge in [-0.1, -0.05) is 11.6 Å². The maximum absolute atomic E-state index is 12.5. The predicted molar refractivity (Wildman–Crippen MR) is 84.1 cm³/mol. The molecule has 0 saturated heterocycles. The molecule has 2 heterocycles. The van der Waals surface area contributed by atoms with Crippen molar-refractivity contribution in [2.24, 2.45) is 7.05 Å². The fourth-order valence-corrected chi connectivity index (χ4v) is 2.47. The van der Waals surface area contributed by atoms with Crippen molar-refractivity contribution >= 4 is 28.4 Å². The summed E-state index contributed by atoms with van der Waals surface area (Å²) in [6.45, 7) is 0.225. The molecule has 3 aromatic rings. The first kappa shape index (κ1) is 14.4. The predicted octanol–water partition coefficient (Wildman–Crippen LogP) is 2.71. The molecule has 2 aromatic heterocycles. The molecule has 1 N–H and O–H groups in total. The van der Waals surface area contributed by atoms with E-state index in [2.05, 4.69) is 5.32 Å². The van der Waals surface area contributed by atoms with Crippen molar-refractivity contribution in [1.29, 1.82) is 0 Å². The number of hydrogen-bond acceptors (Lipinski definition) is 3. The minimum atomic E-state index is -0.445. The summed E-state index contributed by atoms with van der Waals surface area (Å²) in [5.41, 5.74) is 0.452. The second kappa shape index (κ2) is 5.69. The van der Waals surface area contributed by atoms with Crippen LogP contribution < -0.4 is 10.7 Å². The number of carbonyl (C=O) groups excluding carboxylic acids is 1. The Hall–Kier alpha value is -2.53. The standard InChI is InChI=1S/C16H13ClN2O3/c1-19-9-13(16(21)18-8-11-3-2-6-22-11)15(20)12-7-10(17)4-5-14(12)19/h2-7,9H,8H2,1H3,(H,18,21). The lowest BCUT2D eigenvalue weighted by atomic mass is 10.1. The Kier molecular flexibility index (Phi) is 3.73. The third-order valence-electron chi connectivity index (χ3n) is 3.40. The van der Waals surface area contributed by atoms with Gasteiger partial charge in [0.2, 0.25) is 5.43 Å². The van der Waals surface area contributed by atoms with Crippen LogP contribution in [0.15, 0.2) is 52.0 Å². The van der Waals surface area contributed by atoms with Crippen LogP contribution in [0.1, 0.15) is 16.1 Å². The monoisotopic (exact) mass is 316 g/mol. The molecule has 6 heteroatoms. The van der Waals surface area contributed by atoms with Crippen molar-refractivity contribution in [3.05, 3.63) is 69.4 Å². The van der Waals surface area contributed by atoms with Gasteiger partial charge in [0.25, 0.3) is 5.91 Å². The average Bonchev–Trinajstić information content (AvgIpc) is 3.01. The maximum atomic E-state index is 12.5. The van der Waals surface area contributed by atoms with Gasteiger partial charge in [-0.2, -0.15) is 0 Å². The molecule has 0 spiro atoms. The zero-order chi connectivity index (χ0) is 15.7. The fraction of sp³-hybridized carbons (Fsp3) is 0.125. The number of hydrogen-bond donors (Lipinski definition) is 1. The van der Waals surface area contributed by atoms with Gasteiger partial charge in [0.1, 0.15) is 11.3 Å².